The summed E-state index contributed by atoms with van der Waals surface area (Å²) in [7, 11) is 0. The van der Waals surface area contributed by atoms with Crippen molar-refractivity contribution in [3.05, 3.63) is 16.1 Å². The molecule has 14 heavy (non-hydrogen) atoms. The number of aliphatic hydroxyl groups excluding tert-OH is 1. The van der Waals surface area contributed by atoms with Crippen molar-refractivity contribution >= 4 is 11.3 Å². The first-order valence-electron chi connectivity index (χ1n) is 5.01. The van der Waals surface area contributed by atoms with E-state index in [1.165, 1.54) is 0 Å². The van der Waals surface area contributed by atoms with E-state index in [9.17, 15) is 5.11 Å². The molecule has 1 N–H and O–H groups in total. The number of hydrogen-bond acceptors (Lipinski definition) is 3. The normalized spacial score (nSPS) is 12.4. The maximum absolute atomic E-state index is 9.21. The van der Waals surface area contributed by atoms with Crippen molar-refractivity contribution in [1.29, 1.82) is 0 Å². The Kier molecular flexibility index (Phi) is 3.67. The van der Waals surface area contributed by atoms with E-state index in [0.717, 1.165) is 17.1 Å². The highest BCUT2D eigenvalue weighted by molar-refractivity contribution is 7.09. The number of rotatable bonds is 4. The van der Waals surface area contributed by atoms with Gasteiger partial charge in [-0.1, -0.05) is 27.7 Å². The van der Waals surface area contributed by atoms with Gasteiger partial charge >= 0.3 is 0 Å². The lowest BCUT2D eigenvalue weighted by Gasteiger charge is -2.17. The van der Waals surface area contributed by atoms with Gasteiger partial charge in [-0.2, -0.15) is 0 Å². The zero-order chi connectivity index (χ0) is 10.8. The molecule has 1 heterocycles. The number of aromatic nitrogens is 1. The zero-order valence-corrected chi connectivity index (χ0v) is 10.2. The van der Waals surface area contributed by atoms with E-state index in [1.807, 2.05) is 13.8 Å². The van der Waals surface area contributed by atoms with Crippen LogP contribution in [0.25, 0.3) is 0 Å². The molecule has 0 unspecified atom stereocenters. The van der Waals surface area contributed by atoms with Crippen LogP contribution in [0.5, 0.6) is 0 Å². The van der Waals surface area contributed by atoms with Crippen LogP contribution in [0.4, 0.5) is 0 Å². The number of nitrogens with zero attached hydrogens (tertiary/aromatic N) is 1. The number of thiazole rings is 1. The summed E-state index contributed by atoms with van der Waals surface area (Å²) in [5, 5.41) is 12.3. The van der Waals surface area contributed by atoms with E-state index in [0.29, 0.717) is 5.92 Å². The summed E-state index contributed by atoms with van der Waals surface area (Å²) in [5.41, 5.74) is 0.960. The van der Waals surface area contributed by atoms with Crippen molar-refractivity contribution in [2.24, 2.45) is 5.92 Å². The minimum Gasteiger partial charge on any atom is -0.395 e. The van der Waals surface area contributed by atoms with Crippen LogP contribution in [0.3, 0.4) is 0 Å². The van der Waals surface area contributed by atoms with Crippen molar-refractivity contribution in [2.75, 3.05) is 6.61 Å². The third-order valence-electron chi connectivity index (χ3n) is 2.14. The Labute approximate surface area is 90.0 Å². The summed E-state index contributed by atoms with van der Waals surface area (Å²) in [5.74, 6) is 0.641. The molecule has 0 aliphatic rings. The summed E-state index contributed by atoms with van der Waals surface area (Å²) in [6.07, 6.45) is 1.03. The Bertz CT molecular complexity index is 291. The van der Waals surface area contributed by atoms with Crippen LogP contribution >= 0.6 is 11.3 Å². The standard InChI is InChI=1S/C11H19NOS/c1-8(2)5-9-6-14-10(12-9)11(3,4)7-13/h6,8,13H,5,7H2,1-4H3. The predicted molar refractivity (Wildman–Crippen MR) is 60.8 cm³/mol. The van der Waals surface area contributed by atoms with Crippen LogP contribution in [0.1, 0.15) is 38.4 Å². The van der Waals surface area contributed by atoms with Gasteiger partial charge in [-0.25, -0.2) is 4.98 Å². The van der Waals surface area contributed by atoms with Crippen LogP contribution in [-0.4, -0.2) is 16.7 Å². The van der Waals surface area contributed by atoms with Gasteiger partial charge in [-0.05, 0) is 12.3 Å². The quantitative estimate of drug-likeness (QED) is 0.834. The minimum atomic E-state index is -0.195. The van der Waals surface area contributed by atoms with Gasteiger partial charge in [-0.15, -0.1) is 11.3 Å². The molecule has 0 saturated carbocycles. The van der Waals surface area contributed by atoms with E-state index in [4.69, 9.17) is 0 Å². The smallest absolute Gasteiger partial charge is 0.101 e. The average molecular weight is 213 g/mol. The Morgan fingerprint density at radius 2 is 2.14 bits per heavy atom. The highest BCUT2D eigenvalue weighted by Gasteiger charge is 2.23. The molecule has 0 fully saturated rings. The molecule has 0 atom stereocenters. The summed E-state index contributed by atoms with van der Waals surface area (Å²) >= 11 is 1.65. The number of aliphatic hydroxyl groups is 1. The molecule has 0 aliphatic carbocycles. The Balaban J connectivity index is 2.77. The summed E-state index contributed by atoms with van der Waals surface area (Å²) in [6.45, 7) is 8.57. The van der Waals surface area contributed by atoms with Crippen molar-refractivity contribution in [2.45, 2.75) is 39.5 Å². The first-order valence-corrected chi connectivity index (χ1v) is 5.89. The van der Waals surface area contributed by atoms with Crippen LogP contribution in [-0.2, 0) is 11.8 Å². The molecule has 0 spiro atoms. The number of hydrogen-bond donors (Lipinski definition) is 1. The van der Waals surface area contributed by atoms with Gasteiger partial charge in [-0.3, -0.25) is 0 Å². The van der Waals surface area contributed by atoms with Crippen LogP contribution in [0.15, 0.2) is 5.38 Å². The zero-order valence-electron chi connectivity index (χ0n) is 9.37. The Morgan fingerprint density at radius 3 is 2.64 bits per heavy atom. The van der Waals surface area contributed by atoms with E-state index >= 15 is 0 Å². The molecule has 1 rings (SSSR count). The summed E-state index contributed by atoms with van der Waals surface area (Å²) < 4.78 is 0. The molecule has 3 heteroatoms. The maximum atomic E-state index is 9.21. The molecule has 0 saturated heterocycles. The molecule has 0 aliphatic heterocycles. The van der Waals surface area contributed by atoms with Gasteiger partial charge < -0.3 is 5.11 Å². The molecular formula is C11H19NOS. The fourth-order valence-electron chi connectivity index (χ4n) is 1.20. The highest BCUT2D eigenvalue weighted by atomic mass is 32.1. The predicted octanol–water partition coefficient (Wildman–Crippen LogP) is 2.61. The first kappa shape index (κ1) is 11.7. The fourth-order valence-corrected chi connectivity index (χ4v) is 2.15. The van der Waals surface area contributed by atoms with E-state index in [1.54, 1.807) is 11.3 Å². The summed E-state index contributed by atoms with van der Waals surface area (Å²) in [6, 6.07) is 0. The lowest BCUT2D eigenvalue weighted by Crippen LogP contribution is -2.21. The average Bonchev–Trinajstić information content (AvgIpc) is 2.52. The molecule has 0 amide bonds. The molecular weight excluding hydrogens is 194 g/mol. The van der Waals surface area contributed by atoms with Crippen molar-refractivity contribution < 1.29 is 5.11 Å². The van der Waals surface area contributed by atoms with Gasteiger partial charge in [0.05, 0.1) is 12.3 Å². The monoisotopic (exact) mass is 213 g/mol. The third-order valence-corrected chi connectivity index (χ3v) is 3.40. The Hall–Kier alpha value is -0.410. The topological polar surface area (TPSA) is 33.1 Å². The molecule has 2 nitrogen and oxygen atoms in total. The molecule has 0 radical (unpaired) electrons. The third kappa shape index (κ3) is 2.79. The second kappa shape index (κ2) is 4.41. The van der Waals surface area contributed by atoms with E-state index in [2.05, 4.69) is 24.2 Å². The maximum Gasteiger partial charge on any atom is 0.101 e. The Morgan fingerprint density at radius 1 is 1.50 bits per heavy atom. The lowest BCUT2D eigenvalue weighted by molar-refractivity contribution is 0.218. The largest absolute Gasteiger partial charge is 0.395 e. The van der Waals surface area contributed by atoms with Crippen LogP contribution in [0, 0.1) is 5.92 Å². The van der Waals surface area contributed by atoms with Gasteiger partial charge in [0, 0.05) is 10.8 Å². The first-order chi connectivity index (χ1) is 6.45. The van der Waals surface area contributed by atoms with Gasteiger partial charge in [0.25, 0.3) is 0 Å². The lowest BCUT2D eigenvalue weighted by atomic mass is 9.96. The summed E-state index contributed by atoms with van der Waals surface area (Å²) in [4.78, 5) is 4.55. The van der Waals surface area contributed by atoms with Crippen molar-refractivity contribution in [3.63, 3.8) is 0 Å². The van der Waals surface area contributed by atoms with Crippen molar-refractivity contribution in [3.8, 4) is 0 Å². The van der Waals surface area contributed by atoms with Gasteiger partial charge in [0.2, 0.25) is 0 Å². The second-order valence-electron chi connectivity index (χ2n) is 4.78. The molecule has 0 bridgehead atoms. The van der Waals surface area contributed by atoms with Crippen LogP contribution < -0.4 is 0 Å². The minimum absolute atomic E-state index is 0.154. The van der Waals surface area contributed by atoms with Crippen LogP contribution in [0.2, 0.25) is 0 Å². The molecule has 1 aromatic rings. The SMILES string of the molecule is CC(C)Cc1csc(C(C)(C)CO)n1. The molecule has 0 aromatic carbocycles. The molecule has 1 aromatic heterocycles. The van der Waals surface area contributed by atoms with Crippen molar-refractivity contribution in [1.82, 2.24) is 4.98 Å². The van der Waals surface area contributed by atoms with Gasteiger partial charge in [0.1, 0.15) is 5.01 Å². The van der Waals surface area contributed by atoms with E-state index in [-0.39, 0.29) is 12.0 Å². The van der Waals surface area contributed by atoms with Gasteiger partial charge in [0.15, 0.2) is 0 Å². The second-order valence-corrected chi connectivity index (χ2v) is 5.64. The highest BCUT2D eigenvalue weighted by Crippen LogP contribution is 2.26. The molecule has 80 valence electrons. The van der Waals surface area contributed by atoms with E-state index < -0.39 is 0 Å². The fraction of sp³-hybridized carbons (Fsp3) is 0.727.